The maximum absolute atomic E-state index is 12.5. The predicted octanol–water partition coefficient (Wildman–Crippen LogP) is 1.83. The summed E-state index contributed by atoms with van der Waals surface area (Å²) >= 11 is 0. The lowest BCUT2D eigenvalue weighted by Gasteiger charge is -2.26. The number of anilines is 1. The van der Waals surface area contributed by atoms with Crippen LogP contribution in [0.3, 0.4) is 0 Å². The van der Waals surface area contributed by atoms with Crippen molar-refractivity contribution in [3.8, 4) is 22.9 Å². The Hall–Kier alpha value is -3.50. The van der Waals surface area contributed by atoms with E-state index in [1.165, 1.54) is 17.5 Å². The van der Waals surface area contributed by atoms with Gasteiger partial charge in [0.25, 0.3) is 0 Å². The van der Waals surface area contributed by atoms with Crippen LogP contribution in [-0.4, -0.2) is 71.5 Å². The summed E-state index contributed by atoms with van der Waals surface area (Å²) in [5, 5.41) is 15.2. The molecule has 168 valence electrons. The van der Waals surface area contributed by atoms with Gasteiger partial charge in [0.05, 0.1) is 33.1 Å². The number of benzene rings is 2. The van der Waals surface area contributed by atoms with Crippen LogP contribution in [0, 0.1) is 0 Å². The number of rotatable bonds is 8. The summed E-state index contributed by atoms with van der Waals surface area (Å²) < 4.78 is 15.9. The van der Waals surface area contributed by atoms with Crippen LogP contribution in [0.2, 0.25) is 0 Å². The van der Waals surface area contributed by atoms with Gasteiger partial charge in [-0.15, -0.1) is 10.2 Å². The molecule has 1 amide bonds. The molecule has 0 unspecified atom stereocenters. The highest BCUT2D eigenvalue weighted by molar-refractivity contribution is 5.92. The number of tetrazole rings is 1. The minimum atomic E-state index is -0.304. The summed E-state index contributed by atoms with van der Waals surface area (Å²) in [5.41, 5.74) is 2.57. The number of amides is 1. The zero-order chi connectivity index (χ0) is 22.3. The zero-order valence-electron chi connectivity index (χ0n) is 18.2. The van der Waals surface area contributed by atoms with E-state index in [1.807, 2.05) is 12.1 Å². The quantitative estimate of drug-likeness (QED) is 0.568. The third kappa shape index (κ3) is 5.40. The molecule has 3 aromatic rings. The summed E-state index contributed by atoms with van der Waals surface area (Å²) in [6, 6.07) is 13.2. The lowest BCUT2D eigenvalue weighted by molar-refractivity contribution is -0.117. The number of carbonyl (C=O) groups excluding carboxylic acids is 1. The topological polar surface area (TPSA) is 104 Å². The number of nitrogens with one attached hydrogen (secondary N) is 1. The van der Waals surface area contributed by atoms with E-state index in [0.29, 0.717) is 23.0 Å². The number of hydrogen-bond acceptors (Lipinski definition) is 8. The molecule has 1 fully saturated rings. The molecule has 1 aliphatic heterocycles. The van der Waals surface area contributed by atoms with E-state index >= 15 is 0 Å². The molecule has 0 bridgehead atoms. The second-order valence-electron chi connectivity index (χ2n) is 7.34. The van der Waals surface area contributed by atoms with Crippen molar-refractivity contribution in [1.82, 2.24) is 25.1 Å². The van der Waals surface area contributed by atoms with Crippen LogP contribution in [0.1, 0.15) is 5.56 Å². The summed E-state index contributed by atoms with van der Waals surface area (Å²) in [6.07, 6.45) is 0. The minimum Gasteiger partial charge on any atom is -0.497 e. The Morgan fingerprint density at radius 3 is 2.59 bits per heavy atom. The molecule has 1 aromatic heterocycles. The minimum absolute atomic E-state index is 0.0809. The van der Waals surface area contributed by atoms with Crippen molar-refractivity contribution in [1.29, 1.82) is 0 Å². The molecule has 0 aliphatic carbocycles. The smallest absolute Gasteiger partial charge is 0.248 e. The highest BCUT2D eigenvalue weighted by Crippen LogP contribution is 2.28. The number of carbonyl (C=O) groups is 1. The third-order valence-electron chi connectivity index (χ3n) is 5.14. The Kier molecular flexibility index (Phi) is 6.93. The number of nitrogens with zero attached hydrogens (tertiary/aromatic N) is 5. The monoisotopic (exact) mass is 438 g/mol. The molecule has 0 saturated carbocycles. The molecule has 0 spiro atoms. The molecule has 0 radical (unpaired) electrons. The first-order chi connectivity index (χ1) is 15.6. The summed E-state index contributed by atoms with van der Waals surface area (Å²) in [7, 11) is 3.10. The van der Waals surface area contributed by atoms with Gasteiger partial charge in [-0.1, -0.05) is 24.3 Å². The molecule has 32 heavy (non-hydrogen) atoms. The van der Waals surface area contributed by atoms with Gasteiger partial charge >= 0.3 is 0 Å². The molecule has 10 heteroatoms. The molecule has 4 rings (SSSR count). The van der Waals surface area contributed by atoms with Gasteiger partial charge in [-0.2, -0.15) is 4.80 Å². The highest BCUT2D eigenvalue weighted by atomic mass is 16.5. The predicted molar refractivity (Wildman–Crippen MR) is 118 cm³/mol. The largest absolute Gasteiger partial charge is 0.497 e. The van der Waals surface area contributed by atoms with Crippen LogP contribution in [-0.2, 0) is 22.6 Å². The fraction of sp³-hybridized carbons (Fsp3) is 0.364. The molecule has 0 atom stereocenters. The number of hydrogen-bond donors (Lipinski definition) is 1. The van der Waals surface area contributed by atoms with Gasteiger partial charge in [0.15, 0.2) is 0 Å². The van der Waals surface area contributed by atoms with E-state index in [1.54, 1.807) is 25.3 Å². The van der Waals surface area contributed by atoms with Crippen LogP contribution >= 0.6 is 0 Å². The van der Waals surface area contributed by atoms with Gasteiger partial charge < -0.3 is 19.5 Å². The van der Waals surface area contributed by atoms with Gasteiger partial charge in [0, 0.05) is 31.3 Å². The molecular weight excluding hydrogens is 412 g/mol. The van der Waals surface area contributed by atoms with Gasteiger partial charge in [0.2, 0.25) is 11.7 Å². The standard InChI is InChI=1S/C22H26N6O4/c1-30-18-7-8-20(31-2)19(13-18)23-21(29)15-28-25-22(24-26-28)17-5-3-16(4-6-17)14-27-9-11-32-12-10-27/h3-8,13H,9-12,14-15H2,1-2H3,(H,23,29). The van der Waals surface area contributed by atoms with E-state index in [4.69, 9.17) is 14.2 Å². The van der Waals surface area contributed by atoms with Crippen molar-refractivity contribution in [2.75, 3.05) is 45.8 Å². The first-order valence-corrected chi connectivity index (χ1v) is 10.3. The van der Waals surface area contributed by atoms with E-state index in [2.05, 4.69) is 37.8 Å². The highest BCUT2D eigenvalue weighted by Gasteiger charge is 2.14. The van der Waals surface area contributed by atoms with Crippen molar-refractivity contribution >= 4 is 11.6 Å². The average Bonchev–Trinajstić information content (AvgIpc) is 3.28. The maximum atomic E-state index is 12.5. The number of methoxy groups -OCH3 is 2. The molecule has 2 aromatic carbocycles. The van der Waals surface area contributed by atoms with E-state index in [0.717, 1.165) is 38.4 Å². The van der Waals surface area contributed by atoms with Gasteiger partial charge in [-0.05, 0) is 22.9 Å². The fourth-order valence-corrected chi connectivity index (χ4v) is 3.43. The third-order valence-corrected chi connectivity index (χ3v) is 5.14. The summed E-state index contributed by atoms with van der Waals surface area (Å²) in [6.45, 7) is 4.26. The maximum Gasteiger partial charge on any atom is 0.248 e. The van der Waals surface area contributed by atoms with Crippen LogP contribution in [0.15, 0.2) is 42.5 Å². The molecule has 10 nitrogen and oxygen atoms in total. The van der Waals surface area contributed by atoms with Crippen molar-refractivity contribution in [3.05, 3.63) is 48.0 Å². The van der Waals surface area contributed by atoms with Crippen molar-refractivity contribution in [2.24, 2.45) is 0 Å². The Balaban J connectivity index is 1.37. The van der Waals surface area contributed by atoms with Crippen molar-refractivity contribution < 1.29 is 19.0 Å². The van der Waals surface area contributed by atoms with E-state index in [-0.39, 0.29) is 12.5 Å². The van der Waals surface area contributed by atoms with Crippen LogP contribution in [0.5, 0.6) is 11.5 Å². The second-order valence-corrected chi connectivity index (χ2v) is 7.34. The first-order valence-electron chi connectivity index (χ1n) is 10.3. The molecule has 1 aliphatic rings. The molecule has 1 N–H and O–H groups in total. The zero-order valence-corrected chi connectivity index (χ0v) is 18.2. The first kappa shape index (κ1) is 21.7. The number of ether oxygens (including phenoxy) is 3. The van der Waals surface area contributed by atoms with Crippen LogP contribution in [0.25, 0.3) is 11.4 Å². The summed E-state index contributed by atoms with van der Waals surface area (Å²) in [4.78, 5) is 16.1. The lowest BCUT2D eigenvalue weighted by Crippen LogP contribution is -2.35. The molecule has 2 heterocycles. The normalized spacial score (nSPS) is 14.2. The molecule has 1 saturated heterocycles. The SMILES string of the molecule is COc1ccc(OC)c(NC(=O)Cn2nnc(-c3ccc(CN4CCOCC4)cc3)n2)c1. The van der Waals surface area contributed by atoms with Gasteiger partial charge in [-0.3, -0.25) is 9.69 Å². The lowest BCUT2D eigenvalue weighted by atomic mass is 10.1. The Morgan fingerprint density at radius 1 is 1.09 bits per heavy atom. The van der Waals surface area contributed by atoms with Crippen molar-refractivity contribution in [2.45, 2.75) is 13.1 Å². The fourth-order valence-electron chi connectivity index (χ4n) is 3.43. The van der Waals surface area contributed by atoms with Gasteiger partial charge in [-0.25, -0.2) is 0 Å². The number of morpholine rings is 1. The Labute approximate surface area is 186 Å². The van der Waals surface area contributed by atoms with Crippen LogP contribution < -0.4 is 14.8 Å². The number of aromatic nitrogens is 4. The molecular formula is C22H26N6O4. The summed E-state index contributed by atoms with van der Waals surface area (Å²) in [5.74, 6) is 1.30. The van der Waals surface area contributed by atoms with Gasteiger partial charge in [0.1, 0.15) is 18.0 Å². The van der Waals surface area contributed by atoms with E-state index < -0.39 is 0 Å². The van der Waals surface area contributed by atoms with Crippen molar-refractivity contribution in [3.63, 3.8) is 0 Å². The Morgan fingerprint density at radius 2 is 1.88 bits per heavy atom. The Bertz CT molecular complexity index is 1050. The van der Waals surface area contributed by atoms with E-state index in [9.17, 15) is 4.79 Å². The average molecular weight is 438 g/mol. The second kappa shape index (κ2) is 10.2. The van der Waals surface area contributed by atoms with Crippen LogP contribution in [0.4, 0.5) is 5.69 Å².